The minimum Gasteiger partial charge on any atom is -0.481 e. The molecule has 0 radical (unpaired) electrons. The van der Waals surface area contributed by atoms with Crippen LogP contribution in [0.25, 0.3) is 11.1 Å². The number of hydrogen-bond acceptors (Lipinski definition) is 6. The zero-order valence-electron chi connectivity index (χ0n) is 22.1. The second-order valence-corrected chi connectivity index (χ2v) is 10.3. The van der Waals surface area contributed by atoms with Gasteiger partial charge in [0.2, 0.25) is 11.8 Å². The van der Waals surface area contributed by atoms with E-state index in [1.54, 1.807) is 18.0 Å². The molecule has 2 amide bonds. The molecule has 0 bridgehead atoms. The molecule has 0 aliphatic rings. The number of aliphatic carboxylic acids is 1. The highest BCUT2D eigenvalue weighted by atomic mass is 32.2. The molecule has 9 heteroatoms. The number of nitrogens with one attached hydrogen (secondary N) is 3. The monoisotopic (exact) mass is 548 g/mol. The number of nitrogens with zero attached hydrogens (tertiary/aromatic N) is 1. The number of hydrogen-bond donors (Lipinski definition) is 4. The highest BCUT2D eigenvalue weighted by Gasteiger charge is 2.25. The maximum atomic E-state index is 13.2. The van der Waals surface area contributed by atoms with Gasteiger partial charge in [-0.05, 0) is 47.4 Å². The van der Waals surface area contributed by atoms with Gasteiger partial charge in [0, 0.05) is 24.9 Å². The molecule has 3 aromatic rings. The molecule has 1 heterocycles. The second-order valence-electron chi connectivity index (χ2n) is 9.03. The lowest BCUT2D eigenvalue weighted by Gasteiger charge is -2.23. The Morgan fingerprint density at radius 2 is 1.62 bits per heavy atom. The van der Waals surface area contributed by atoms with Crippen molar-refractivity contribution in [3.63, 3.8) is 0 Å². The van der Waals surface area contributed by atoms with E-state index in [9.17, 15) is 19.5 Å². The van der Waals surface area contributed by atoms with Gasteiger partial charge in [-0.3, -0.25) is 14.4 Å². The quantitative estimate of drug-likeness (QED) is 0.188. The number of amides is 2. The van der Waals surface area contributed by atoms with Gasteiger partial charge < -0.3 is 21.1 Å². The first-order chi connectivity index (χ1) is 19.0. The van der Waals surface area contributed by atoms with E-state index in [2.05, 4.69) is 20.9 Å². The molecule has 1 unspecified atom stereocenters. The lowest BCUT2D eigenvalue weighted by atomic mass is 9.99. The molecule has 0 saturated heterocycles. The Hall–Kier alpha value is -3.85. The third-order valence-corrected chi connectivity index (χ3v) is 7.03. The minimum absolute atomic E-state index is 0.202. The summed E-state index contributed by atoms with van der Waals surface area (Å²) in [5.74, 6) is 0.378. The van der Waals surface area contributed by atoms with Gasteiger partial charge in [-0.2, -0.15) is 11.8 Å². The summed E-state index contributed by atoms with van der Waals surface area (Å²) in [4.78, 5) is 41.7. The maximum Gasteiger partial charge on any atom is 0.305 e. The van der Waals surface area contributed by atoms with Crippen molar-refractivity contribution in [1.29, 1.82) is 0 Å². The number of carbonyl (C=O) groups is 3. The largest absolute Gasteiger partial charge is 0.481 e. The first kappa shape index (κ1) is 29.7. The first-order valence-corrected chi connectivity index (χ1v) is 14.3. The molecule has 2 atom stereocenters. The van der Waals surface area contributed by atoms with Crippen LogP contribution in [0.4, 0.5) is 5.82 Å². The van der Waals surface area contributed by atoms with Crippen LogP contribution in [0.15, 0.2) is 79.0 Å². The van der Waals surface area contributed by atoms with E-state index in [0.717, 1.165) is 29.1 Å². The third kappa shape index (κ3) is 10.4. The van der Waals surface area contributed by atoms with Crippen LogP contribution >= 0.6 is 11.8 Å². The lowest BCUT2D eigenvalue weighted by Crippen LogP contribution is -2.49. The van der Waals surface area contributed by atoms with Crippen molar-refractivity contribution in [1.82, 2.24) is 15.6 Å². The number of pyridine rings is 1. The summed E-state index contributed by atoms with van der Waals surface area (Å²) in [5, 5.41) is 18.4. The Morgan fingerprint density at radius 1 is 0.897 bits per heavy atom. The van der Waals surface area contributed by atoms with Crippen LogP contribution in [-0.4, -0.2) is 52.0 Å². The molecule has 0 aliphatic heterocycles. The Morgan fingerprint density at radius 3 is 2.28 bits per heavy atom. The van der Waals surface area contributed by atoms with Crippen LogP contribution in [0.5, 0.6) is 0 Å². The number of thioether (sulfide) groups is 1. The van der Waals surface area contributed by atoms with Crippen LogP contribution in [0.2, 0.25) is 0 Å². The highest BCUT2D eigenvalue weighted by molar-refractivity contribution is 7.99. The zero-order chi connectivity index (χ0) is 27.9. The van der Waals surface area contributed by atoms with Crippen molar-refractivity contribution < 1.29 is 19.5 Å². The van der Waals surface area contributed by atoms with E-state index in [1.807, 2.05) is 79.7 Å². The lowest BCUT2D eigenvalue weighted by molar-refractivity contribution is -0.138. The Bertz CT molecular complexity index is 1180. The van der Waals surface area contributed by atoms with E-state index < -0.39 is 18.1 Å². The fourth-order valence-corrected chi connectivity index (χ4v) is 4.72. The predicted molar refractivity (Wildman–Crippen MR) is 157 cm³/mol. The smallest absolute Gasteiger partial charge is 0.305 e. The van der Waals surface area contributed by atoms with Crippen LogP contribution in [0.1, 0.15) is 44.2 Å². The van der Waals surface area contributed by atoms with E-state index >= 15 is 0 Å². The number of anilines is 1. The molecule has 206 valence electrons. The van der Waals surface area contributed by atoms with Gasteiger partial charge in [0.1, 0.15) is 11.9 Å². The van der Waals surface area contributed by atoms with Crippen molar-refractivity contribution in [3.05, 3.63) is 84.6 Å². The summed E-state index contributed by atoms with van der Waals surface area (Å²) < 4.78 is 0. The topological polar surface area (TPSA) is 120 Å². The molecular formula is C30H36N4O4S. The van der Waals surface area contributed by atoms with E-state index in [4.69, 9.17) is 0 Å². The number of carboxylic acids is 1. The first-order valence-electron chi connectivity index (χ1n) is 13.2. The summed E-state index contributed by atoms with van der Waals surface area (Å²) in [5.41, 5.74) is 2.74. The average Bonchev–Trinajstić information content (AvgIpc) is 2.95. The molecule has 3 rings (SSSR count). The van der Waals surface area contributed by atoms with Gasteiger partial charge in [0.05, 0.1) is 12.5 Å². The van der Waals surface area contributed by atoms with Crippen LogP contribution < -0.4 is 16.0 Å². The molecule has 1 aromatic heterocycles. The van der Waals surface area contributed by atoms with Crippen molar-refractivity contribution in [2.45, 2.75) is 44.7 Å². The van der Waals surface area contributed by atoms with Crippen LogP contribution in [-0.2, 0) is 14.4 Å². The molecule has 39 heavy (non-hydrogen) atoms. The van der Waals surface area contributed by atoms with E-state index in [-0.39, 0.29) is 18.2 Å². The van der Waals surface area contributed by atoms with Crippen molar-refractivity contribution >= 4 is 35.4 Å². The van der Waals surface area contributed by atoms with Crippen molar-refractivity contribution in [2.24, 2.45) is 0 Å². The third-order valence-electron chi connectivity index (χ3n) is 6.06. The summed E-state index contributed by atoms with van der Waals surface area (Å²) >= 11 is 1.54. The molecule has 4 N–H and O–H groups in total. The fourth-order valence-electron chi connectivity index (χ4n) is 4.02. The molecular weight excluding hydrogens is 512 g/mol. The number of carbonyl (C=O) groups excluding carboxylic acids is 2. The molecule has 0 saturated carbocycles. The average molecular weight is 549 g/mol. The van der Waals surface area contributed by atoms with Gasteiger partial charge in [-0.15, -0.1) is 0 Å². The van der Waals surface area contributed by atoms with E-state index in [0.29, 0.717) is 30.7 Å². The van der Waals surface area contributed by atoms with Gasteiger partial charge in [-0.1, -0.05) is 67.6 Å². The van der Waals surface area contributed by atoms with Gasteiger partial charge >= 0.3 is 5.97 Å². The normalized spacial score (nSPS) is 12.2. The standard InChI is InChI=1S/C30H36N4O4S/c1-2-39-21-26(33-28(35)13-7-9-19-32-27-12-6-8-18-31-27)30(38)34-25(20-29(36)37)24-16-14-23(15-17-24)22-10-4-3-5-11-22/h3-6,8,10-12,14-18,25-26H,2,7,9,13,19-21H2,1H3,(H,31,32)(H,33,35)(H,34,38)(H,36,37)/t25?,26-/m1/s1. The SMILES string of the molecule is CCSC[C@@H](NC(=O)CCCCNc1ccccn1)C(=O)NC(CC(=O)O)c1ccc(-c2ccccc2)cc1. The fraction of sp³-hybridized carbons (Fsp3) is 0.333. The second kappa shape index (κ2) is 16.2. The molecule has 2 aromatic carbocycles. The van der Waals surface area contributed by atoms with Crippen molar-refractivity contribution in [2.75, 3.05) is 23.4 Å². The summed E-state index contributed by atoms with van der Waals surface area (Å²) in [6, 6.07) is 21.5. The Labute approximate surface area is 234 Å². The number of aromatic nitrogens is 1. The number of rotatable bonds is 16. The summed E-state index contributed by atoms with van der Waals surface area (Å²) in [7, 11) is 0. The Kier molecular flexibility index (Phi) is 12.3. The number of benzene rings is 2. The van der Waals surface area contributed by atoms with Gasteiger partial charge in [0.25, 0.3) is 0 Å². The van der Waals surface area contributed by atoms with Gasteiger partial charge in [0.15, 0.2) is 0 Å². The molecule has 8 nitrogen and oxygen atoms in total. The van der Waals surface area contributed by atoms with Crippen LogP contribution in [0.3, 0.4) is 0 Å². The molecule has 0 fully saturated rings. The number of carboxylic acid groups (broad SMARTS) is 1. The number of unbranched alkanes of at least 4 members (excludes halogenated alkanes) is 1. The summed E-state index contributed by atoms with van der Waals surface area (Å²) in [6.45, 7) is 2.68. The zero-order valence-corrected chi connectivity index (χ0v) is 23.0. The van der Waals surface area contributed by atoms with Crippen molar-refractivity contribution in [3.8, 4) is 11.1 Å². The van der Waals surface area contributed by atoms with Gasteiger partial charge in [-0.25, -0.2) is 4.98 Å². The summed E-state index contributed by atoms with van der Waals surface area (Å²) in [6.07, 6.45) is 3.20. The predicted octanol–water partition coefficient (Wildman–Crippen LogP) is 4.90. The highest BCUT2D eigenvalue weighted by Crippen LogP contribution is 2.24. The maximum absolute atomic E-state index is 13.2. The van der Waals surface area contributed by atoms with E-state index in [1.165, 1.54) is 0 Å². The molecule has 0 aliphatic carbocycles. The molecule has 0 spiro atoms. The minimum atomic E-state index is -1.02. The van der Waals surface area contributed by atoms with Crippen LogP contribution in [0, 0.1) is 0 Å². The Balaban J connectivity index is 1.56.